The highest BCUT2D eigenvalue weighted by molar-refractivity contribution is 5.85. The van der Waals surface area contributed by atoms with Gasteiger partial charge in [-0.15, -0.1) is 0 Å². The Morgan fingerprint density at radius 3 is 2.45 bits per heavy atom. The minimum atomic E-state index is -0.796. The Hall–Kier alpha value is -1.09. The van der Waals surface area contributed by atoms with Crippen LogP contribution in [0.5, 0.6) is 0 Å². The molecule has 0 aromatic rings. The molecule has 4 aliphatic rings. The summed E-state index contributed by atoms with van der Waals surface area (Å²) >= 11 is 0. The summed E-state index contributed by atoms with van der Waals surface area (Å²) in [5, 5.41) is 20.0. The van der Waals surface area contributed by atoms with E-state index < -0.39 is 5.97 Å². The summed E-state index contributed by atoms with van der Waals surface area (Å²) in [5.41, 5.74) is 3.11. The molecule has 0 heterocycles. The molecular formula is C30H48O3. The van der Waals surface area contributed by atoms with E-state index in [9.17, 15) is 9.90 Å². The van der Waals surface area contributed by atoms with E-state index in [-0.39, 0.29) is 16.9 Å². The first-order valence-corrected chi connectivity index (χ1v) is 13.6. The quantitative estimate of drug-likeness (QED) is 0.335. The summed E-state index contributed by atoms with van der Waals surface area (Å²) in [6.45, 7) is 16.5. The molecule has 4 aliphatic carbocycles. The molecule has 8 atom stereocenters. The van der Waals surface area contributed by atoms with Gasteiger partial charge in [-0.1, -0.05) is 59.3 Å². The van der Waals surface area contributed by atoms with Crippen molar-refractivity contribution >= 4 is 5.97 Å². The van der Waals surface area contributed by atoms with E-state index in [0.29, 0.717) is 40.1 Å². The summed E-state index contributed by atoms with van der Waals surface area (Å²) in [6, 6.07) is 0. The Morgan fingerprint density at radius 1 is 1.09 bits per heavy atom. The first-order valence-electron chi connectivity index (χ1n) is 13.6. The van der Waals surface area contributed by atoms with Gasteiger partial charge in [-0.3, -0.25) is 0 Å². The van der Waals surface area contributed by atoms with Crippen LogP contribution < -0.4 is 0 Å². The van der Waals surface area contributed by atoms with Crippen molar-refractivity contribution in [3.05, 3.63) is 23.3 Å². The first kappa shape index (κ1) is 25.0. The van der Waals surface area contributed by atoms with E-state index in [1.54, 1.807) is 12.5 Å². The van der Waals surface area contributed by atoms with Crippen molar-refractivity contribution in [1.29, 1.82) is 0 Å². The van der Waals surface area contributed by atoms with Crippen LogP contribution in [0, 0.1) is 45.3 Å². The summed E-state index contributed by atoms with van der Waals surface area (Å²) < 4.78 is 0. The number of carboxylic acid groups (broad SMARTS) is 1. The molecule has 186 valence electrons. The van der Waals surface area contributed by atoms with Crippen LogP contribution in [0.25, 0.3) is 0 Å². The maximum Gasteiger partial charge on any atom is 0.330 e. The lowest BCUT2D eigenvalue weighted by atomic mass is 9.41. The fourth-order valence-corrected chi connectivity index (χ4v) is 9.52. The number of carboxylic acids is 1. The molecule has 3 heteroatoms. The lowest BCUT2D eigenvalue weighted by molar-refractivity contribution is -0.132. The zero-order valence-corrected chi connectivity index (χ0v) is 22.2. The molecule has 0 aliphatic heterocycles. The third-order valence-corrected chi connectivity index (χ3v) is 12.0. The Bertz CT molecular complexity index is 853. The van der Waals surface area contributed by atoms with Crippen molar-refractivity contribution in [2.24, 2.45) is 45.3 Å². The summed E-state index contributed by atoms with van der Waals surface area (Å²) in [7, 11) is 0. The maximum absolute atomic E-state index is 11.1. The monoisotopic (exact) mass is 456 g/mol. The normalized spacial score (nSPS) is 45.5. The Balaban J connectivity index is 1.59. The minimum absolute atomic E-state index is 0.00517. The number of hydrogen-bond donors (Lipinski definition) is 2. The number of aliphatic hydroxyl groups excluding tert-OH is 1. The topological polar surface area (TPSA) is 57.5 Å². The fraction of sp³-hybridized carbons (Fsp3) is 0.833. The van der Waals surface area contributed by atoms with Gasteiger partial charge >= 0.3 is 5.97 Å². The second kappa shape index (κ2) is 8.25. The molecule has 33 heavy (non-hydrogen) atoms. The highest BCUT2D eigenvalue weighted by atomic mass is 16.4. The largest absolute Gasteiger partial charge is 0.478 e. The predicted octanol–water partition coefficient (Wildman–Crippen LogP) is 7.40. The van der Waals surface area contributed by atoms with E-state index in [2.05, 4.69) is 47.6 Å². The number of rotatable bonds is 5. The smallest absolute Gasteiger partial charge is 0.330 e. The predicted molar refractivity (Wildman–Crippen MR) is 135 cm³/mol. The van der Waals surface area contributed by atoms with Gasteiger partial charge in [-0.2, -0.15) is 0 Å². The van der Waals surface area contributed by atoms with Crippen molar-refractivity contribution in [3.63, 3.8) is 0 Å². The van der Waals surface area contributed by atoms with Gasteiger partial charge in [0.2, 0.25) is 0 Å². The Labute approximate surface area is 202 Å². The van der Waals surface area contributed by atoms with Crippen molar-refractivity contribution in [1.82, 2.24) is 0 Å². The van der Waals surface area contributed by atoms with Crippen LogP contribution in [0.2, 0.25) is 0 Å². The molecule has 0 aromatic carbocycles. The maximum atomic E-state index is 11.1. The molecule has 0 amide bonds. The first-order chi connectivity index (χ1) is 15.3. The van der Waals surface area contributed by atoms with E-state index in [0.717, 1.165) is 25.7 Å². The van der Waals surface area contributed by atoms with Crippen LogP contribution in [0.15, 0.2) is 23.3 Å². The van der Waals surface area contributed by atoms with Crippen LogP contribution in [-0.2, 0) is 4.79 Å². The van der Waals surface area contributed by atoms with Crippen LogP contribution >= 0.6 is 0 Å². The number of allylic oxidation sites excluding steroid dienone is 3. The molecule has 3 fully saturated rings. The molecule has 0 aromatic heterocycles. The summed E-state index contributed by atoms with van der Waals surface area (Å²) in [5.74, 6) is 1.77. The Morgan fingerprint density at radius 2 is 1.79 bits per heavy atom. The second-order valence-electron chi connectivity index (χ2n) is 13.6. The van der Waals surface area contributed by atoms with Crippen molar-refractivity contribution < 1.29 is 15.0 Å². The van der Waals surface area contributed by atoms with Gasteiger partial charge in [0, 0.05) is 5.57 Å². The highest BCUT2D eigenvalue weighted by Crippen LogP contribution is 2.73. The summed E-state index contributed by atoms with van der Waals surface area (Å²) in [4.78, 5) is 11.1. The number of hydrogen-bond acceptors (Lipinski definition) is 2. The number of fused-ring (bicyclic) bond motifs is 5. The van der Waals surface area contributed by atoms with E-state index >= 15 is 0 Å². The van der Waals surface area contributed by atoms with Crippen LogP contribution in [0.4, 0.5) is 0 Å². The standard InChI is InChI=1S/C30H48O3/c1-19(9-8-10-20(2)26(32)33)21-13-17-30(7)23-11-12-24-27(3,4)25(31)15-16-28(24,5)22(23)14-18-29(21,30)6/h10,14,19,21,23-25,31H,8-9,11-13,15-18H2,1-7H3,(H,32,33)/t19-,21-,23-,24?,25+,28-,29-,30+/m1/s1. The second-order valence-corrected chi connectivity index (χ2v) is 13.6. The van der Waals surface area contributed by atoms with Gasteiger partial charge in [0.05, 0.1) is 6.10 Å². The van der Waals surface area contributed by atoms with Gasteiger partial charge < -0.3 is 10.2 Å². The molecule has 2 N–H and O–H groups in total. The molecule has 3 nitrogen and oxygen atoms in total. The lowest BCUT2D eigenvalue weighted by Gasteiger charge is -2.64. The zero-order valence-electron chi connectivity index (χ0n) is 22.2. The van der Waals surface area contributed by atoms with Crippen LogP contribution in [-0.4, -0.2) is 22.3 Å². The highest BCUT2D eigenvalue weighted by Gasteiger charge is 2.65. The average molecular weight is 457 g/mol. The molecule has 0 saturated heterocycles. The van der Waals surface area contributed by atoms with E-state index in [1.165, 1.54) is 32.1 Å². The average Bonchev–Trinajstić information content (AvgIpc) is 3.02. The number of aliphatic carboxylic acids is 1. The van der Waals surface area contributed by atoms with Crippen molar-refractivity contribution in [3.8, 4) is 0 Å². The van der Waals surface area contributed by atoms with Crippen LogP contribution in [0.1, 0.15) is 106 Å². The Kier molecular flexibility index (Phi) is 6.25. The lowest BCUT2D eigenvalue weighted by Crippen LogP contribution is -2.57. The number of aliphatic hydroxyl groups is 1. The van der Waals surface area contributed by atoms with Gasteiger partial charge in [0.1, 0.15) is 0 Å². The molecule has 0 radical (unpaired) electrons. The van der Waals surface area contributed by atoms with Gasteiger partial charge in [-0.25, -0.2) is 4.79 Å². The van der Waals surface area contributed by atoms with Gasteiger partial charge in [0.15, 0.2) is 0 Å². The summed E-state index contributed by atoms with van der Waals surface area (Å²) in [6.07, 6.45) is 14.7. The fourth-order valence-electron chi connectivity index (χ4n) is 9.52. The third kappa shape index (κ3) is 3.58. The molecule has 3 saturated carbocycles. The van der Waals surface area contributed by atoms with Gasteiger partial charge in [0.25, 0.3) is 0 Å². The molecule has 4 rings (SSSR count). The van der Waals surface area contributed by atoms with Crippen molar-refractivity contribution in [2.45, 2.75) is 112 Å². The molecular weight excluding hydrogens is 408 g/mol. The number of carbonyl (C=O) groups is 1. The zero-order chi connectivity index (χ0) is 24.4. The van der Waals surface area contributed by atoms with Gasteiger partial charge in [-0.05, 0) is 110 Å². The SMILES string of the molecule is CC(=CCC[C@@H](C)[C@H]1CC[C@@]2(C)[C@@H]3CCC4C(C)(C)[C@@H](O)CC[C@]4(C)C3=CC[C@]12C)C(=O)O. The van der Waals surface area contributed by atoms with E-state index in [1.807, 2.05) is 6.08 Å². The molecule has 0 bridgehead atoms. The minimum Gasteiger partial charge on any atom is -0.478 e. The van der Waals surface area contributed by atoms with Crippen molar-refractivity contribution in [2.75, 3.05) is 0 Å². The molecule has 1 unspecified atom stereocenters. The van der Waals surface area contributed by atoms with Crippen LogP contribution in [0.3, 0.4) is 0 Å². The third-order valence-electron chi connectivity index (χ3n) is 12.0. The van der Waals surface area contributed by atoms with E-state index in [4.69, 9.17) is 5.11 Å². The molecule has 0 spiro atoms.